The molecule has 0 aromatic carbocycles. The highest BCUT2D eigenvalue weighted by molar-refractivity contribution is 5.73. The van der Waals surface area contributed by atoms with Gasteiger partial charge in [0.1, 0.15) is 11.2 Å². The molecule has 5 nitrogen and oxygen atoms in total. The van der Waals surface area contributed by atoms with E-state index in [0.29, 0.717) is 17.0 Å². The summed E-state index contributed by atoms with van der Waals surface area (Å²) in [6.07, 6.45) is 5.09. The van der Waals surface area contributed by atoms with Crippen LogP contribution >= 0.6 is 0 Å². The number of fused-ring (bicyclic) bond motifs is 1. The average Bonchev–Trinajstić information content (AvgIpc) is 2.58. The Balaban J connectivity index is 2.21. The summed E-state index contributed by atoms with van der Waals surface area (Å²) in [5.41, 5.74) is 0.648. The van der Waals surface area contributed by atoms with Crippen molar-refractivity contribution in [2.24, 2.45) is 0 Å². The van der Waals surface area contributed by atoms with Gasteiger partial charge >= 0.3 is 0 Å². The number of hydrogen-bond acceptors (Lipinski definition) is 3. The molecular formula is C12H16N4O. The van der Waals surface area contributed by atoms with Gasteiger partial charge in [0.2, 0.25) is 0 Å². The van der Waals surface area contributed by atoms with Gasteiger partial charge in [-0.15, -0.1) is 0 Å². The lowest BCUT2D eigenvalue weighted by atomic mass is 9.85. The van der Waals surface area contributed by atoms with E-state index in [2.05, 4.69) is 15.1 Å². The van der Waals surface area contributed by atoms with Crippen LogP contribution in [0.4, 0.5) is 0 Å². The topological polar surface area (TPSA) is 63.6 Å². The molecule has 5 heteroatoms. The highest BCUT2D eigenvalue weighted by atomic mass is 16.1. The van der Waals surface area contributed by atoms with Crippen LogP contribution in [0.15, 0.2) is 11.0 Å². The van der Waals surface area contributed by atoms with Gasteiger partial charge in [-0.25, -0.2) is 9.67 Å². The van der Waals surface area contributed by atoms with E-state index in [9.17, 15) is 4.79 Å². The van der Waals surface area contributed by atoms with Gasteiger partial charge in [-0.3, -0.25) is 4.79 Å². The van der Waals surface area contributed by atoms with Gasteiger partial charge < -0.3 is 4.98 Å². The molecule has 3 rings (SSSR count). The van der Waals surface area contributed by atoms with Crippen LogP contribution < -0.4 is 5.56 Å². The Labute approximate surface area is 98.9 Å². The van der Waals surface area contributed by atoms with Gasteiger partial charge in [-0.05, 0) is 26.7 Å². The number of aromatic amines is 1. The molecule has 0 atom stereocenters. The molecule has 1 saturated carbocycles. The standard InChI is InChI=1S/C12H16N4O/c1-7(2)16-11-9(6-13-16)12(17)15-10(14-11)8-4-3-5-8/h6-8H,3-5H2,1-2H3,(H,14,15,17). The summed E-state index contributed by atoms with van der Waals surface area (Å²) in [5.74, 6) is 1.26. The van der Waals surface area contributed by atoms with Crippen molar-refractivity contribution in [3.05, 3.63) is 22.4 Å². The molecule has 0 bridgehead atoms. The van der Waals surface area contributed by atoms with Crippen LogP contribution in [0.5, 0.6) is 0 Å². The van der Waals surface area contributed by atoms with E-state index in [1.165, 1.54) is 6.42 Å². The fourth-order valence-electron chi connectivity index (χ4n) is 2.21. The Morgan fingerprint density at radius 2 is 2.24 bits per heavy atom. The number of rotatable bonds is 2. The number of hydrogen-bond donors (Lipinski definition) is 1. The van der Waals surface area contributed by atoms with Crippen LogP contribution in [0.3, 0.4) is 0 Å². The summed E-state index contributed by atoms with van der Waals surface area (Å²) >= 11 is 0. The van der Waals surface area contributed by atoms with E-state index in [4.69, 9.17) is 0 Å². The van der Waals surface area contributed by atoms with Crippen molar-refractivity contribution in [2.45, 2.75) is 45.1 Å². The molecule has 1 aliphatic carbocycles. The normalized spacial score (nSPS) is 16.6. The van der Waals surface area contributed by atoms with Gasteiger partial charge in [0, 0.05) is 12.0 Å². The second-order valence-corrected chi connectivity index (χ2v) is 5.00. The Bertz CT molecular complexity index is 606. The lowest BCUT2D eigenvalue weighted by Crippen LogP contribution is -2.19. The van der Waals surface area contributed by atoms with Crippen LogP contribution in [0.1, 0.15) is 50.9 Å². The first-order valence-electron chi connectivity index (χ1n) is 6.14. The lowest BCUT2D eigenvalue weighted by molar-refractivity contribution is 0.401. The van der Waals surface area contributed by atoms with E-state index >= 15 is 0 Å². The number of H-pyrrole nitrogens is 1. The first kappa shape index (κ1) is 10.5. The van der Waals surface area contributed by atoms with Gasteiger partial charge in [0.05, 0.1) is 6.20 Å². The molecule has 0 spiro atoms. The van der Waals surface area contributed by atoms with E-state index < -0.39 is 0 Å². The van der Waals surface area contributed by atoms with Crippen LogP contribution in [0.2, 0.25) is 0 Å². The van der Waals surface area contributed by atoms with E-state index in [1.807, 2.05) is 18.5 Å². The average molecular weight is 232 g/mol. The summed E-state index contributed by atoms with van der Waals surface area (Å²) in [6.45, 7) is 4.08. The highest BCUT2D eigenvalue weighted by Gasteiger charge is 2.23. The van der Waals surface area contributed by atoms with Crippen molar-refractivity contribution in [1.82, 2.24) is 19.7 Å². The van der Waals surface area contributed by atoms with E-state index in [0.717, 1.165) is 18.7 Å². The van der Waals surface area contributed by atoms with Crippen molar-refractivity contribution in [3.8, 4) is 0 Å². The first-order valence-corrected chi connectivity index (χ1v) is 6.14. The molecular weight excluding hydrogens is 216 g/mol. The maximum Gasteiger partial charge on any atom is 0.262 e. The van der Waals surface area contributed by atoms with Gasteiger partial charge in [-0.1, -0.05) is 6.42 Å². The SMILES string of the molecule is CC(C)n1ncc2c(=O)[nH]c(C3CCC3)nc21. The zero-order valence-corrected chi connectivity index (χ0v) is 10.1. The predicted molar refractivity (Wildman–Crippen MR) is 65.1 cm³/mol. The van der Waals surface area contributed by atoms with Crippen LogP contribution in [0, 0.1) is 0 Å². The maximum atomic E-state index is 11.9. The smallest absolute Gasteiger partial charge is 0.262 e. The third-order valence-corrected chi connectivity index (χ3v) is 3.46. The fraction of sp³-hybridized carbons (Fsp3) is 0.583. The summed E-state index contributed by atoms with van der Waals surface area (Å²) in [6, 6.07) is 0.219. The third kappa shape index (κ3) is 1.57. The van der Waals surface area contributed by atoms with Gasteiger partial charge in [-0.2, -0.15) is 5.10 Å². The molecule has 2 heterocycles. The molecule has 2 aromatic rings. The van der Waals surface area contributed by atoms with Crippen LogP contribution in [-0.2, 0) is 0 Å². The van der Waals surface area contributed by atoms with E-state index in [-0.39, 0.29) is 11.6 Å². The minimum atomic E-state index is -0.0659. The maximum absolute atomic E-state index is 11.9. The summed E-state index contributed by atoms with van der Waals surface area (Å²) in [7, 11) is 0. The van der Waals surface area contributed by atoms with Crippen molar-refractivity contribution in [1.29, 1.82) is 0 Å². The molecule has 1 N–H and O–H groups in total. The van der Waals surface area contributed by atoms with Crippen LogP contribution in [-0.4, -0.2) is 19.7 Å². The predicted octanol–water partition coefficient (Wildman–Crippen LogP) is 1.97. The number of nitrogens with zero attached hydrogens (tertiary/aromatic N) is 3. The molecule has 0 radical (unpaired) electrons. The fourth-order valence-corrected chi connectivity index (χ4v) is 2.21. The monoisotopic (exact) mass is 232 g/mol. The Morgan fingerprint density at radius 3 is 2.82 bits per heavy atom. The zero-order chi connectivity index (χ0) is 12.0. The molecule has 1 fully saturated rings. The zero-order valence-electron chi connectivity index (χ0n) is 10.1. The Morgan fingerprint density at radius 1 is 1.47 bits per heavy atom. The Hall–Kier alpha value is -1.65. The van der Waals surface area contributed by atoms with E-state index in [1.54, 1.807) is 6.20 Å². The van der Waals surface area contributed by atoms with Gasteiger partial charge in [0.25, 0.3) is 5.56 Å². The number of aromatic nitrogens is 4. The quantitative estimate of drug-likeness (QED) is 0.861. The summed E-state index contributed by atoms with van der Waals surface area (Å²) < 4.78 is 1.81. The second-order valence-electron chi connectivity index (χ2n) is 5.00. The van der Waals surface area contributed by atoms with Crippen molar-refractivity contribution < 1.29 is 0 Å². The molecule has 2 aromatic heterocycles. The molecule has 90 valence electrons. The molecule has 0 saturated heterocycles. The molecule has 0 unspecified atom stereocenters. The summed E-state index contributed by atoms with van der Waals surface area (Å²) in [5, 5.41) is 4.82. The molecule has 17 heavy (non-hydrogen) atoms. The molecule has 0 amide bonds. The lowest BCUT2D eigenvalue weighted by Gasteiger charge is -2.24. The first-order chi connectivity index (χ1) is 8.16. The minimum Gasteiger partial charge on any atom is -0.310 e. The largest absolute Gasteiger partial charge is 0.310 e. The van der Waals surface area contributed by atoms with Crippen molar-refractivity contribution in [3.63, 3.8) is 0 Å². The molecule has 1 aliphatic rings. The third-order valence-electron chi connectivity index (χ3n) is 3.46. The summed E-state index contributed by atoms with van der Waals surface area (Å²) in [4.78, 5) is 19.4. The Kier molecular flexibility index (Phi) is 2.28. The minimum absolute atomic E-state index is 0.0659. The van der Waals surface area contributed by atoms with Crippen LogP contribution in [0.25, 0.3) is 11.0 Å². The van der Waals surface area contributed by atoms with Crippen molar-refractivity contribution in [2.75, 3.05) is 0 Å². The highest BCUT2D eigenvalue weighted by Crippen LogP contribution is 2.34. The number of nitrogens with one attached hydrogen (secondary N) is 1. The van der Waals surface area contributed by atoms with Gasteiger partial charge in [0.15, 0.2) is 5.65 Å². The second kappa shape index (κ2) is 3.68. The molecule has 0 aliphatic heterocycles. The van der Waals surface area contributed by atoms with Crippen molar-refractivity contribution >= 4 is 11.0 Å².